The Hall–Kier alpha value is -2.98. The van der Waals surface area contributed by atoms with Crippen molar-refractivity contribution in [2.24, 2.45) is 0 Å². The summed E-state index contributed by atoms with van der Waals surface area (Å²) in [6.45, 7) is 7.22. The van der Waals surface area contributed by atoms with Crippen molar-refractivity contribution in [1.29, 1.82) is 0 Å². The van der Waals surface area contributed by atoms with Crippen molar-refractivity contribution in [3.8, 4) is 5.69 Å². The summed E-state index contributed by atoms with van der Waals surface area (Å²) in [4.78, 5) is 30.4. The number of nitrogens with one attached hydrogen (secondary N) is 1. The van der Waals surface area contributed by atoms with Crippen LogP contribution in [0.15, 0.2) is 29.4 Å². The molecule has 2 atom stereocenters. The van der Waals surface area contributed by atoms with Gasteiger partial charge in [-0.2, -0.15) is 0 Å². The van der Waals surface area contributed by atoms with Crippen molar-refractivity contribution in [3.63, 3.8) is 0 Å². The third kappa shape index (κ3) is 4.86. The van der Waals surface area contributed by atoms with Crippen LogP contribution in [0.5, 0.6) is 0 Å². The first-order valence-corrected chi connectivity index (χ1v) is 11.3. The second-order valence-corrected chi connectivity index (χ2v) is 9.34. The minimum Gasteiger partial charge on any atom is -0.465 e. The standard InChI is InChI=1S/C23H28FN5O3S/c1-12-18(22(31)32-7)13(2)25-19(12)20(30)15(4)33-23-27-26-21(14(3)28(5)6)29(23)17-10-8-16(24)9-11-17/h8-11,14-15,25H,1-7H3. The minimum atomic E-state index is -0.529. The van der Waals surface area contributed by atoms with Crippen LogP contribution in [-0.2, 0) is 4.74 Å². The number of H-pyrrole nitrogens is 1. The predicted octanol–water partition coefficient (Wildman–Crippen LogP) is 4.12. The molecule has 0 amide bonds. The molecule has 0 bridgehead atoms. The SMILES string of the molecule is COC(=O)c1c(C)[nH]c(C(=O)C(C)Sc2nnc(C(C)N(C)C)n2-c2ccc(F)cc2)c1C. The Morgan fingerprint density at radius 1 is 1.15 bits per heavy atom. The van der Waals surface area contributed by atoms with Gasteiger partial charge in [0.1, 0.15) is 5.82 Å². The fourth-order valence-electron chi connectivity index (χ4n) is 3.51. The maximum absolute atomic E-state index is 13.5. The van der Waals surface area contributed by atoms with Gasteiger partial charge in [-0.05, 0) is 71.6 Å². The maximum atomic E-state index is 13.5. The number of Topliss-reactive ketones (excluding diaryl/α,β-unsaturated/α-hetero) is 1. The number of halogens is 1. The lowest BCUT2D eigenvalue weighted by Crippen LogP contribution is -2.21. The van der Waals surface area contributed by atoms with Gasteiger partial charge in [0.25, 0.3) is 0 Å². The number of benzene rings is 1. The highest BCUT2D eigenvalue weighted by Gasteiger charge is 2.28. The summed E-state index contributed by atoms with van der Waals surface area (Å²) in [5.41, 5.74) is 2.57. The average molecular weight is 474 g/mol. The lowest BCUT2D eigenvalue weighted by molar-refractivity contribution is 0.0599. The van der Waals surface area contributed by atoms with Crippen molar-refractivity contribution in [2.75, 3.05) is 21.2 Å². The van der Waals surface area contributed by atoms with Crippen molar-refractivity contribution in [3.05, 3.63) is 58.4 Å². The lowest BCUT2D eigenvalue weighted by Gasteiger charge is -2.21. The Morgan fingerprint density at radius 2 is 1.79 bits per heavy atom. The van der Waals surface area contributed by atoms with Gasteiger partial charge in [0.05, 0.1) is 29.7 Å². The largest absolute Gasteiger partial charge is 0.465 e. The summed E-state index contributed by atoms with van der Waals surface area (Å²) in [5.74, 6) is -0.329. The summed E-state index contributed by atoms with van der Waals surface area (Å²) in [5, 5.41) is 8.69. The number of hydrogen-bond donors (Lipinski definition) is 1. The van der Waals surface area contributed by atoms with Gasteiger partial charge in [0, 0.05) is 11.4 Å². The van der Waals surface area contributed by atoms with E-state index in [9.17, 15) is 14.0 Å². The van der Waals surface area contributed by atoms with E-state index < -0.39 is 11.2 Å². The summed E-state index contributed by atoms with van der Waals surface area (Å²) in [6.07, 6.45) is 0. The summed E-state index contributed by atoms with van der Waals surface area (Å²) in [6, 6.07) is 5.99. The molecular weight excluding hydrogens is 445 g/mol. The van der Waals surface area contributed by atoms with Gasteiger partial charge >= 0.3 is 5.97 Å². The molecular formula is C23H28FN5O3S. The third-order valence-electron chi connectivity index (χ3n) is 5.62. The number of aromatic nitrogens is 4. The summed E-state index contributed by atoms with van der Waals surface area (Å²) >= 11 is 1.25. The Morgan fingerprint density at radius 3 is 2.36 bits per heavy atom. The highest BCUT2D eigenvalue weighted by Crippen LogP contribution is 2.31. The highest BCUT2D eigenvalue weighted by atomic mass is 32.2. The first kappa shape index (κ1) is 24.7. The minimum absolute atomic E-state index is 0.0705. The molecule has 2 aromatic heterocycles. The fourth-order valence-corrected chi connectivity index (χ4v) is 4.44. The van der Waals surface area contributed by atoms with Gasteiger partial charge in [-0.25, -0.2) is 9.18 Å². The van der Waals surface area contributed by atoms with Crippen molar-refractivity contribution in [2.45, 2.75) is 44.1 Å². The van der Waals surface area contributed by atoms with Gasteiger partial charge in [-0.1, -0.05) is 11.8 Å². The Balaban J connectivity index is 1.97. The number of ketones is 1. The topological polar surface area (TPSA) is 93.1 Å². The monoisotopic (exact) mass is 473 g/mol. The van der Waals surface area contributed by atoms with Gasteiger partial charge in [0.2, 0.25) is 0 Å². The molecule has 0 radical (unpaired) electrons. The molecule has 2 unspecified atom stereocenters. The molecule has 0 saturated heterocycles. The van der Waals surface area contributed by atoms with Crippen LogP contribution in [0.1, 0.15) is 57.8 Å². The molecule has 0 aliphatic carbocycles. The predicted molar refractivity (Wildman–Crippen MR) is 125 cm³/mol. The van der Waals surface area contributed by atoms with E-state index >= 15 is 0 Å². The van der Waals surface area contributed by atoms with Crippen molar-refractivity contribution in [1.82, 2.24) is 24.6 Å². The molecule has 8 nitrogen and oxygen atoms in total. The normalized spacial score (nSPS) is 13.2. The molecule has 1 N–H and O–H groups in total. The number of aromatic amines is 1. The third-order valence-corrected chi connectivity index (χ3v) is 6.66. The van der Waals surface area contributed by atoms with E-state index in [1.807, 2.05) is 30.5 Å². The molecule has 10 heteroatoms. The summed E-state index contributed by atoms with van der Waals surface area (Å²) < 4.78 is 20.2. The number of carbonyl (C=O) groups excluding carboxylic acids is 2. The number of thioether (sulfide) groups is 1. The number of methoxy groups -OCH3 is 1. The molecule has 1 aromatic carbocycles. The maximum Gasteiger partial charge on any atom is 0.339 e. The van der Waals surface area contributed by atoms with Gasteiger partial charge in [-0.3, -0.25) is 14.3 Å². The van der Waals surface area contributed by atoms with Crippen molar-refractivity contribution >= 4 is 23.5 Å². The zero-order chi connectivity index (χ0) is 24.4. The first-order valence-electron chi connectivity index (χ1n) is 10.4. The van der Waals surface area contributed by atoms with E-state index in [4.69, 9.17) is 4.74 Å². The van der Waals surface area contributed by atoms with Gasteiger partial charge in [-0.15, -0.1) is 10.2 Å². The van der Waals surface area contributed by atoms with Crippen LogP contribution in [-0.4, -0.2) is 62.9 Å². The second-order valence-electron chi connectivity index (χ2n) is 8.03. The van der Waals surface area contributed by atoms with E-state index in [2.05, 4.69) is 15.2 Å². The van der Waals surface area contributed by atoms with Crippen LogP contribution in [0.2, 0.25) is 0 Å². The molecule has 3 aromatic rings. The Bertz CT molecular complexity index is 1170. The number of ether oxygens (including phenoxy) is 1. The molecule has 0 aliphatic rings. The molecule has 0 spiro atoms. The number of carbonyl (C=O) groups is 2. The van der Waals surface area contributed by atoms with Crippen LogP contribution < -0.4 is 0 Å². The number of nitrogens with zero attached hydrogens (tertiary/aromatic N) is 4. The van der Waals surface area contributed by atoms with Crippen LogP contribution >= 0.6 is 11.8 Å². The van der Waals surface area contributed by atoms with Crippen molar-refractivity contribution < 1.29 is 18.7 Å². The quantitative estimate of drug-likeness (QED) is 0.299. The zero-order valence-corrected chi connectivity index (χ0v) is 20.6. The molecule has 33 heavy (non-hydrogen) atoms. The Labute approximate surface area is 196 Å². The van der Waals surface area contributed by atoms with Gasteiger partial charge in [0.15, 0.2) is 16.8 Å². The molecule has 0 saturated carbocycles. The first-order chi connectivity index (χ1) is 15.6. The van der Waals surface area contributed by atoms with Crippen LogP contribution in [0, 0.1) is 19.7 Å². The van der Waals surface area contributed by atoms with Gasteiger partial charge < -0.3 is 9.72 Å². The van der Waals surface area contributed by atoms with E-state index in [-0.39, 0.29) is 17.6 Å². The molecule has 3 rings (SSSR count). The Kier molecular flexibility index (Phi) is 7.38. The fraction of sp³-hybridized carbons (Fsp3) is 0.391. The molecule has 176 valence electrons. The van der Waals surface area contributed by atoms with E-state index in [0.29, 0.717) is 39.2 Å². The second kappa shape index (κ2) is 9.88. The highest BCUT2D eigenvalue weighted by molar-refractivity contribution is 8.00. The van der Waals surface area contributed by atoms with E-state index in [0.717, 1.165) is 0 Å². The number of hydrogen-bond acceptors (Lipinski definition) is 7. The van der Waals surface area contributed by atoms with E-state index in [1.54, 1.807) is 32.9 Å². The smallest absolute Gasteiger partial charge is 0.339 e. The van der Waals surface area contributed by atoms with Crippen LogP contribution in [0.25, 0.3) is 5.69 Å². The number of aryl methyl sites for hydroxylation is 1. The van der Waals surface area contributed by atoms with E-state index in [1.165, 1.54) is 31.0 Å². The van der Waals surface area contributed by atoms with Crippen LogP contribution in [0.4, 0.5) is 4.39 Å². The van der Waals surface area contributed by atoms with Crippen LogP contribution in [0.3, 0.4) is 0 Å². The molecule has 0 aliphatic heterocycles. The zero-order valence-electron chi connectivity index (χ0n) is 19.8. The average Bonchev–Trinajstić information content (AvgIpc) is 3.32. The lowest BCUT2D eigenvalue weighted by atomic mass is 10.1. The molecule has 2 heterocycles. The number of esters is 1. The molecule has 0 fully saturated rings. The summed E-state index contributed by atoms with van der Waals surface area (Å²) in [7, 11) is 5.17. The number of rotatable bonds is 8.